The van der Waals surface area contributed by atoms with E-state index in [-0.39, 0.29) is 11.5 Å². The molecule has 3 N–H and O–H groups in total. The van der Waals surface area contributed by atoms with Crippen LogP contribution < -0.4 is 5.32 Å². The summed E-state index contributed by atoms with van der Waals surface area (Å²) in [4.78, 5) is 0. The Morgan fingerprint density at radius 2 is 1.53 bits per heavy atom. The number of halogens is 3. The molecule has 0 bridgehead atoms. The molecule has 19 heavy (non-hydrogen) atoms. The van der Waals surface area contributed by atoms with Crippen molar-refractivity contribution in [2.75, 3.05) is 5.32 Å². The highest BCUT2D eigenvalue weighted by Crippen LogP contribution is 2.34. The summed E-state index contributed by atoms with van der Waals surface area (Å²) in [6, 6.07) is 7.73. The summed E-state index contributed by atoms with van der Waals surface area (Å²) >= 11 is 17.9. The third kappa shape index (κ3) is 3.38. The fourth-order valence-corrected chi connectivity index (χ4v) is 2.53. The summed E-state index contributed by atoms with van der Waals surface area (Å²) in [6.07, 6.45) is 0. The number of aromatic hydroxyl groups is 2. The van der Waals surface area contributed by atoms with Gasteiger partial charge in [-0.15, -0.1) is 0 Å². The van der Waals surface area contributed by atoms with E-state index in [1.54, 1.807) is 18.2 Å². The standard InChI is InChI=1S/C13H10Cl3NO2/c14-8-4-9(15)13(10(16)5-8)17-6-7-1-2-11(18)12(19)3-7/h1-5,17-19H,6H2. The molecule has 0 aliphatic heterocycles. The molecule has 2 aromatic rings. The second kappa shape index (κ2) is 5.78. The Balaban J connectivity index is 2.16. The quantitative estimate of drug-likeness (QED) is 0.721. The minimum Gasteiger partial charge on any atom is -0.504 e. The van der Waals surface area contributed by atoms with Gasteiger partial charge in [0, 0.05) is 11.6 Å². The van der Waals surface area contributed by atoms with Crippen molar-refractivity contribution in [2.45, 2.75) is 6.54 Å². The molecule has 0 atom stereocenters. The fourth-order valence-electron chi connectivity index (χ4n) is 1.58. The predicted molar refractivity (Wildman–Crippen MR) is 78.6 cm³/mol. The lowest BCUT2D eigenvalue weighted by molar-refractivity contribution is 0.403. The van der Waals surface area contributed by atoms with Crippen molar-refractivity contribution in [2.24, 2.45) is 0 Å². The lowest BCUT2D eigenvalue weighted by Crippen LogP contribution is -2.00. The molecule has 0 spiro atoms. The predicted octanol–water partition coefficient (Wildman–Crippen LogP) is 4.67. The van der Waals surface area contributed by atoms with E-state index in [2.05, 4.69) is 5.32 Å². The smallest absolute Gasteiger partial charge is 0.157 e. The van der Waals surface area contributed by atoms with Gasteiger partial charge in [0.25, 0.3) is 0 Å². The Morgan fingerprint density at radius 1 is 0.895 bits per heavy atom. The minimum absolute atomic E-state index is 0.161. The molecule has 2 aromatic carbocycles. The van der Waals surface area contributed by atoms with Crippen LogP contribution in [0.15, 0.2) is 30.3 Å². The van der Waals surface area contributed by atoms with Gasteiger partial charge in [-0.3, -0.25) is 0 Å². The van der Waals surface area contributed by atoms with Gasteiger partial charge in [0.15, 0.2) is 11.5 Å². The zero-order valence-corrected chi connectivity index (χ0v) is 11.9. The van der Waals surface area contributed by atoms with Gasteiger partial charge in [-0.2, -0.15) is 0 Å². The summed E-state index contributed by atoms with van der Waals surface area (Å²) in [5, 5.41) is 23.0. The molecule has 0 aromatic heterocycles. The molecular weight excluding hydrogens is 309 g/mol. The van der Waals surface area contributed by atoms with Crippen molar-refractivity contribution < 1.29 is 10.2 Å². The number of nitrogens with one attached hydrogen (secondary N) is 1. The van der Waals surface area contributed by atoms with Gasteiger partial charge in [-0.1, -0.05) is 40.9 Å². The number of phenols is 2. The molecule has 2 rings (SSSR count). The molecule has 100 valence electrons. The Bertz CT molecular complexity index is 594. The average molecular weight is 319 g/mol. The van der Waals surface area contributed by atoms with Gasteiger partial charge < -0.3 is 15.5 Å². The molecule has 0 aliphatic carbocycles. The number of anilines is 1. The maximum Gasteiger partial charge on any atom is 0.157 e. The molecule has 0 saturated carbocycles. The van der Waals surface area contributed by atoms with Crippen LogP contribution >= 0.6 is 34.8 Å². The molecule has 0 radical (unpaired) electrons. The van der Waals surface area contributed by atoms with Gasteiger partial charge in [0.2, 0.25) is 0 Å². The van der Waals surface area contributed by atoms with Crippen LogP contribution in [0.2, 0.25) is 15.1 Å². The molecule has 0 saturated heterocycles. The van der Waals surface area contributed by atoms with Crippen LogP contribution in [0.4, 0.5) is 5.69 Å². The minimum atomic E-state index is -0.174. The molecule has 0 unspecified atom stereocenters. The van der Waals surface area contributed by atoms with Crippen LogP contribution in [0, 0.1) is 0 Å². The third-order valence-electron chi connectivity index (χ3n) is 2.52. The van der Waals surface area contributed by atoms with Crippen molar-refractivity contribution >= 4 is 40.5 Å². The Kier molecular flexibility index (Phi) is 4.30. The normalized spacial score (nSPS) is 10.5. The molecule has 3 nitrogen and oxygen atoms in total. The molecular formula is C13H10Cl3NO2. The number of hydrogen-bond donors (Lipinski definition) is 3. The fraction of sp³-hybridized carbons (Fsp3) is 0.0769. The van der Waals surface area contributed by atoms with Crippen LogP contribution in [-0.4, -0.2) is 10.2 Å². The Hall–Kier alpha value is -1.29. The second-order valence-corrected chi connectivity index (χ2v) is 5.17. The van der Waals surface area contributed by atoms with Crippen LogP contribution in [0.25, 0.3) is 0 Å². The average Bonchev–Trinajstić information content (AvgIpc) is 2.32. The van der Waals surface area contributed by atoms with E-state index < -0.39 is 0 Å². The molecule has 0 heterocycles. The van der Waals surface area contributed by atoms with Crippen LogP contribution in [0.1, 0.15) is 5.56 Å². The van der Waals surface area contributed by atoms with E-state index in [0.717, 1.165) is 5.56 Å². The third-order valence-corrected chi connectivity index (χ3v) is 3.33. The van der Waals surface area contributed by atoms with Crippen molar-refractivity contribution in [3.05, 3.63) is 51.0 Å². The van der Waals surface area contributed by atoms with Crippen LogP contribution in [0.3, 0.4) is 0 Å². The summed E-state index contributed by atoms with van der Waals surface area (Å²) < 4.78 is 0. The lowest BCUT2D eigenvalue weighted by atomic mass is 10.2. The van der Waals surface area contributed by atoms with Gasteiger partial charge >= 0.3 is 0 Å². The van der Waals surface area contributed by atoms with Gasteiger partial charge in [0.05, 0.1) is 15.7 Å². The number of rotatable bonds is 3. The van der Waals surface area contributed by atoms with Gasteiger partial charge in [0.1, 0.15) is 0 Å². The monoisotopic (exact) mass is 317 g/mol. The van der Waals surface area contributed by atoms with Crippen molar-refractivity contribution in [3.8, 4) is 11.5 Å². The highest BCUT2D eigenvalue weighted by Gasteiger charge is 2.08. The van der Waals surface area contributed by atoms with E-state index in [1.165, 1.54) is 12.1 Å². The van der Waals surface area contributed by atoms with E-state index in [9.17, 15) is 10.2 Å². The summed E-state index contributed by atoms with van der Waals surface area (Å²) in [5.41, 5.74) is 1.35. The Morgan fingerprint density at radius 3 is 2.11 bits per heavy atom. The first kappa shape index (κ1) is 14.1. The van der Waals surface area contributed by atoms with Crippen molar-refractivity contribution in [3.63, 3.8) is 0 Å². The number of hydrogen-bond acceptors (Lipinski definition) is 3. The maximum atomic E-state index is 9.40. The van der Waals surface area contributed by atoms with Crippen LogP contribution in [0.5, 0.6) is 11.5 Å². The summed E-state index contributed by atoms with van der Waals surface area (Å²) in [5.74, 6) is -0.334. The zero-order chi connectivity index (χ0) is 14.0. The van der Waals surface area contributed by atoms with Gasteiger partial charge in [-0.05, 0) is 29.8 Å². The van der Waals surface area contributed by atoms with E-state index in [4.69, 9.17) is 34.8 Å². The SMILES string of the molecule is Oc1ccc(CNc2c(Cl)cc(Cl)cc2Cl)cc1O. The Labute approximate surface area is 125 Å². The maximum absolute atomic E-state index is 9.40. The lowest BCUT2D eigenvalue weighted by Gasteiger charge is -2.11. The largest absolute Gasteiger partial charge is 0.504 e. The van der Waals surface area contributed by atoms with Crippen LogP contribution in [-0.2, 0) is 6.54 Å². The number of benzene rings is 2. The number of phenolic OH excluding ortho intramolecular Hbond substituents is 2. The molecule has 0 amide bonds. The zero-order valence-electron chi connectivity index (χ0n) is 9.62. The highest BCUT2D eigenvalue weighted by atomic mass is 35.5. The molecule has 0 aliphatic rings. The van der Waals surface area contributed by atoms with E-state index >= 15 is 0 Å². The highest BCUT2D eigenvalue weighted by molar-refractivity contribution is 6.41. The first-order valence-electron chi connectivity index (χ1n) is 5.36. The van der Waals surface area contributed by atoms with E-state index in [1.807, 2.05) is 0 Å². The first-order valence-corrected chi connectivity index (χ1v) is 6.50. The molecule has 0 fully saturated rings. The topological polar surface area (TPSA) is 52.5 Å². The van der Waals surface area contributed by atoms with Crippen molar-refractivity contribution in [1.82, 2.24) is 0 Å². The van der Waals surface area contributed by atoms with Crippen molar-refractivity contribution in [1.29, 1.82) is 0 Å². The second-order valence-electron chi connectivity index (χ2n) is 3.92. The van der Waals surface area contributed by atoms with Gasteiger partial charge in [-0.25, -0.2) is 0 Å². The summed E-state index contributed by atoms with van der Waals surface area (Å²) in [7, 11) is 0. The summed E-state index contributed by atoms with van der Waals surface area (Å²) in [6.45, 7) is 0.398. The molecule has 6 heteroatoms. The van der Waals surface area contributed by atoms with E-state index in [0.29, 0.717) is 27.3 Å². The first-order chi connectivity index (χ1) is 8.97.